The maximum Gasteiger partial charge on any atom is 0.320 e. The summed E-state index contributed by atoms with van der Waals surface area (Å²) in [7, 11) is 1.77. The molecule has 2 aliphatic rings. The second-order valence-corrected chi connectivity index (χ2v) is 4.72. The smallest absolute Gasteiger partial charge is 0.320 e. The molecule has 1 aromatic heterocycles. The lowest BCUT2D eigenvalue weighted by atomic mass is 10.2. The van der Waals surface area contributed by atoms with Crippen LogP contribution < -0.4 is 0 Å². The van der Waals surface area contributed by atoms with E-state index in [2.05, 4.69) is 10.3 Å². The standard InChI is InChI=1S/C11H13N5O3/c1-14-8-3-9(6-15(5-8)11(14)19)16-4-7(12-13-16)2-10(17)18/h3-4,8H,2,5-6H2,1H3,(H,17,18). The first-order valence-electron chi connectivity index (χ1n) is 5.90. The summed E-state index contributed by atoms with van der Waals surface area (Å²) in [5.74, 6) is -0.941. The van der Waals surface area contributed by atoms with Gasteiger partial charge in [0.25, 0.3) is 0 Å². The van der Waals surface area contributed by atoms with Gasteiger partial charge in [-0.3, -0.25) is 4.79 Å². The Labute approximate surface area is 108 Å². The van der Waals surface area contributed by atoms with Crippen LogP contribution in [0.5, 0.6) is 0 Å². The van der Waals surface area contributed by atoms with E-state index in [0.717, 1.165) is 5.70 Å². The van der Waals surface area contributed by atoms with Gasteiger partial charge in [-0.05, 0) is 6.08 Å². The van der Waals surface area contributed by atoms with Crippen LogP contribution in [0.4, 0.5) is 4.79 Å². The van der Waals surface area contributed by atoms with Crippen molar-refractivity contribution in [1.82, 2.24) is 24.8 Å². The fourth-order valence-corrected chi connectivity index (χ4v) is 2.38. The van der Waals surface area contributed by atoms with E-state index in [4.69, 9.17) is 5.11 Å². The second-order valence-electron chi connectivity index (χ2n) is 4.72. The van der Waals surface area contributed by atoms with Gasteiger partial charge >= 0.3 is 12.0 Å². The molecule has 8 nitrogen and oxygen atoms in total. The molecule has 2 amide bonds. The predicted octanol–water partition coefficient (Wildman–Crippen LogP) is -0.504. The number of carboxylic acid groups (broad SMARTS) is 1. The fraction of sp³-hybridized carbons (Fsp3) is 0.455. The molecule has 19 heavy (non-hydrogen) atoms. The van der Waals surface area contributed by atoms with Crippen LogP contribution in [0.25, 0.3) is 5.70 Å². The molecule has 8 heteroatoms. The Kier molecular flexibility index (Phi) is 2.51. The zero-order valence-corrected chi connectivity index (χ0v) is 10.4. The minimum absolute atomic E-state index is 0.00197. The van der Waals surface area contributed by atoms with Crippen LogP contribution in [0.1, 0.15) is 5.69 Å². The van der Waals surface area contributed by atoms with E-state index >= 15 is 0 Å². The maximum absolute atomic E-state index is 11.8. The van der Waals surface area contributed by atoms with Crippen LogP contribution in [-0.4, -0.2) is 68.1 Å². The molecule has 0 aromatic carbocycles. The van der Waals surface area contributed by atoms with Gasteiger partial charge in [-0.25, -0.2) is 9.48 Å². The van der Waals surface area contributed by atoms with Crippen LogP contribution in [0, 0.1) is 0 Å². The summed E-state index contributed by atoms with van der Waals surface area (Å²) >= 11 is 0. The Hall–Kier alpha value is -2.38. The topological polar surface area (TPSA) is 91.6 Å². The molecule has 3 heterocycles. The summed E-state index contributed by atoms with van der Waals surface area (Å²) in [5.41, 5.74) is 1.25. The van der Waals surface area contributed by atoms with E-state index in [9.17, 15) is 9.59 Å². The molecule has 100 valence electrons. The first-order valence-corrected chi connectivity index (χ1v) is 5.90. The Morgan fingerprint density at radius 1 is 1.58 bits per heavy atom. The summed E-state index contributed by atoms with van der Waals surface area (Å²) in [5, 5.41) is 16.4. The number of urea groups is 1. The van der Waals surface area contributed by atoms with E-state index in [-0.39, 0.29) is 18.5 Å². The van der Waals surface area contributed by atoms with Crippen LogP contribution in [0.2, 0.25) is 0 Å². The molecule has 3 rings (SSSR count). The molecule has 0 saturated carbocycles. The van der Waals surface area contributed by atoms with E-state index in [0.29, 0.717) is 18.8 Å². The molecule has 2 aliphatic heterocycles. The number of rotatable bonds is 3. The number of carboxylic acids is 1. The van der Waals surface area contributed by atoms with Crippen molar-refractivity contribution >= 4 is 17.7 Å². The van der Waals surface area contributed by atoms with Gasteiger partial charge in [0, 0.05) is 13.6 Å². The third kappa shape index (κ3) is 1.94. The van der Waals surface area contributed by atoms with Crippen molar-refractivity contribution in [1.29, 1.82) is 0 Å². The number of likely N-dealkylation sites (N-methyl/N-ethyl adjacent to an activating group) is 1. The number of amides is 2. The van der Waals surface area contributed by atoms with Crippen LogP contribution in [0.15, 0.2) is 12.3 Å². The third-order valence-electron chi connectivity index (χ3n) is 3.38. The van der Waals surface area contributed by atoms with Gasteiger partial charge < -0.3 is 14.9 Å². The van der Waals surface area contributed by atoms with Gasteiger partial charge in [0.1, 0.15) is 0 Å². The largest absolute Gasteiger partial charge is 0.481 e. The van der Waals surface area contributed by atoms with Crippen molar-refractivity contribution in [2.75, 3.05) is 20.1 Å². The number of fused-ring (bicyclic) bond motifs is 2. The quantitative estimate of drug-likeness (QED) is 0.793. The predicted molar refractivity (Wildman–Crippen MR) is 64.2 cm³/mol. The van der Waals surface area contributed by atoms with Crippen LogP contribution in [-0.2, 0) is 11.2 Å². The molecule has 1 unspecified atom stereocenters. The average molecular weight is 263 g/mol. The van der Waals surface area contributed by atoms with Crippen molar-refractivity contribution < 1.29 is 14.7 Å². The molecule has 0 radical (unpaired) electrons. The molecule has 0 aliphatic carbocycles. The number of aromatic nitrogens is 3. The first-order chi connectivity index (χ1) is 9.04. The zero-order valence-electron chi connectivity index (χ0n) is 10.4. The second kappa shape index (κ2) is 4.08. The molecule has 1 saturated heterocycles. The Bertz CT molecular complexity index is 579. The Morgan fingerprint density at radius 3 is 3.05 bits per heavy atom. The Balaban J connectivity index is 1.84. The lowest BCUT2D eigenvalue weighted by Gasteiger charge is -2.20. The molecule has 1 atom stereocenters. The lowest BCUT2D eigenvalue weighted by molar-refractivity contribution is -0.136. The average Bonchev–Trinajstić information content (AvgIpc) is 2.90. The normalized spacial score (nSPS) is 21.8. The van der Waals surface area contributed by atoms with Crippen molar-refractivity contribution in [2.45, 2.75) is 12.5 Å². The highest BCUT2D eigenvalue weighted by molar-refractivity contribution is 5.80. The van der Waals surface area contributed by atoms with E-state index in [1.807, 2.05) is 6.08 Å². The lowest BCUT2D eigenvalue weighted by Crippen LogP contribution is -2.31. The molecule has 1 N–H and O–H groups in total. The number of aliphatic carboxylic acids is 1. The highest BCUT2D eigenvalue weighted by Gasteiger charge is 2.37. The zero-order chi connectivity index (χ0) is 13.6. The molecule has 1 fully saturated rings. The first kappa shape index (κ1) is 11.7. The van der Waals surface area contributed by atoms with Gasteiger partial charge in [-0.15, -0.1) is 5.10 Å². The monoisotopic (exact) mass is 263 g/mol. The number of nitrogens with zero attached hydrogens (tertiary/aromatic N) is 5. The summed E-state index contributed by atoms with van der Waals surface area (Å²) in [4.78, 5) is 25.8. The van der Waals surface area contributed by atoms with Gasteiger partial charge in [-0.1, -0.05) is 5.21 Å². The summed E-state index contributed by atoms with van der Waals surface area (Å²) < 4.78 is 1.55. The number of carbonyl (C=O) groups excluding carboxylic acids is 1. The van der Waals surface area contributed by atoms with E-state index in [1.165, 1.54) is 0 Å². The summed E-state index contributed by atoms with van der Waals surface area (Å²) in [6.45, 7) is 1.16. The van der Waals surface area contributed by atoms with Gasteiger partial charge in [0.15, 0.2) is 0 Å². The van der Waals surface area contributed by atoms with Gasteiger partial charge in [0.2, 0.25) is 0 Å². The van der Waals surface area contributed by atoms with Crippen molar-refractivity contribution in [3.63, 3.8) is 0 Å². The molecule has 1 aromatic rings. The van der Waals surface area contributed by atoms with E-state index in [1.54, 1.807) is 27.7 Å². The Morgan fingerprint density at radius 2 is 2.37 bits per heavy atom. The van der Waals surface area contributed by atoms with Crippen molar-refractivity contribution in [3.05, 3.63) is 18.0 Å². The molecular weight excluding hydrogens is 250 g/mol. The minimum atomic E-state index is -0.941. The summed E-state index contributed by atoms with van der Waals surface area (Å²) in [6.07, 6.45) is 3.41. The van der Waals surface area contributed by atoms with Crippen molar-refractivity contribution in [3.8, 4) is 0 Å². The van der Waals surface area contributed by atoms with Gasteiger partial charge in [-0.2, -0.15) is 0 Å². The SMILES string of the molecule is CN1C(=O)N2CC(n3cc(CC(=O)O)nn3)=CC1C2. The van der Waals surface area contributed by atoms with Crippen LogP contribution >= 0.6 is 0 Å². The van der Waals surface area contributed by atoms with Crippen molar-refractivity contribution in [2.24, 2.45) is 0 Å². The number of hydrogen-bond acceptors (Lipinski definition) is 4. The van der Waals surface area contributed by atoms with Gasteiger partial charge in [0.05, 0.1) is 36.6 Å². The highest BCUT2D eigenvalue weighted by atomic mass is 16.4. The van der Waals surface area contributed by atoms with Crippen LogP contribution in [0.3, 0.4) is 0 Å². The number of hydrogen-bond donors (Lipinski definition) is 1. The summed E-state index contributed by atoms with van der Waals surface area (Å²) in [6, 6.07) is 0.0468. The van der Waals surface area contributed by atoms with E-state index < -0.39 is 5.97 Å². The fourth-order valence-electron chi connectivity index (χ4n) is 2.38. The number of carbonyl (C=O) groups is 2. The third-order valence-corrected chi connectivity index (χ3v) is 3.38. The molecule has 0 spiro atoms. The maximum atomic E-state index is 11.8. The minimum Gasteiger partial charge on any atom is -0.481 e. The molecule has 2 bridgehead atoms. The molecular formula is C11H13N5O3. The highest BCUT2D eigenvalue weighted by Crippen LogP contribution is 2.24.